The van der Waals surface area contributed by atoms with Gasteiger partial charge in [-0.2, -0.15) is 0 Å². The molecular weight excluding hydrogens is 332 g/mol. The first-order chi connectivity index (χ1) is 13.3. The minimum atomic E-state index is 0.176. The van der Waals surface area contributed by atoms with Crippen LogP contribution < -0.4 is 5.32 Å². The van der Waals surface area contributed by atoms with Gasteiger partial charge >= 0.3 is 0 Å². The Morgan fingerprint density at radius 3 is 2.15 bits per heavy atom. The molecule has 1 aliphatic carbocycles. The van der Waals surface area contributed by atoms with E-state index in [4.69, 9.17) is 0 Å². The molecular formula is C24H30N2O. The van der Waals surface area contributed by atoms with Crippen LogP contribution in [0.5, 0.6) is 0 Å². The second kappa shape index (κ2) is 8.26. The average Bonchev–Trinajstić information content (AvgIpc) is 3.06. The van der Waals surface area contributed by atoms with E-state index < -0.39 is 0 Å². The van der Waals surface area contributed by atoms with Gasteiger partial charge in [0.1, 0.15) is 0 Å². The lowest BCUT2D eigenvalue weighted by Gasteiger charge is -2.36. The van der Waals surface area contributed by atoms with Crippen LogP contribution in [0.4, 0.5) is 0 Å². The number of piperidine rings is 1. The van der Waals surface area contributed by atoms with Gasteiger partial charge in [0.25, 0.3) is 0 Å². The molecule has 0 unspecified atom stereocenters. The number of hydrogen-bond donors (Lipinski definition) is 1. The van der Waals surface area contributed by atoms with Crippen molar-refractivity contribution in [3.8, 4) is 11.1 Å². The molecule has 0 saturated carbocycles. The minimum Gasteiger partial charge on any atom is -0.356 e. The molecule has 0 aromatic heterocycles. The summed E-state index contributed by atoms with van der Waals surface area (Å²) >= 11 is 0. The fourth-order valence-corrected chi connectivity index (χ4v) is 4.67. The number of fused-ring (bicyclic) bond motifs is 3. The third kappa shape index (κ3) is 3.66. The predicted molar refractivity (Wildman–Crippen MR) is 111 cm³/mol. The second-order valence-electron chi connectivity index (χ2n) is 7.89. The molecule has 2 aromatic carbocycles. The number of hydrogen-bond acceptors (Lipinski definition) is 2. The molecule has 2 aliphatic rings. The molecule has 27 heavy (non-hydrogen) atoms. The molecule has 0 atom stereocenters. The number of carbonyl (C=O) groups excluding carboxylic acids is 1. The van der Waals surface area contributed by atoms with Crippen molar-refractivity contribution in [1.29, 1.82) is 0 Å². The zero-order valence-electron chi connectivity index (χ0n) is 16.3. The maximum absolute atomic E-state index is 12.5. The lowest BCUT2D eigenvalue weighted by molar-refractivity contribution is -0.126. The van der Waals surface area contributed by atoms with Crippen molar-refractivity contribution < 1.29 is 4.79 Å². The van der Waals surface area contributed by atoms with E-state index >= 15 is 0 Å². The van der Waals surface area contributed by atoms with Crippen molar-refractivity contribution in [2.75, 3.05) is 19.6 Å². The first-order valence-electron chi connectivity index (χ1n) is 10.5. The second-order valence-corrected chi connectivity index (χ2v) is 7.89. The molecule has 1 aliphatic heterocycles. The zero-order chi connectivity index (χ0) is 18.6. The summed E-state index contributed by atoms with van der Waals surface area (Å²) in [5, 5.41) is 3.15. The Hall–Kier alpha value is -2.13. The fraction of sp³-hybridized carbons (Fsp3) is 0.458. The molecule has 1 fully saturated rings. The van der Waals surface area contributed by atoms with E-state index in [1.165, 1.54) is 35.1 Å². The molecule has 1 amide bonds. The lowest BCUT2D eigenvalue weighted by Crippen LogP contribution is -2.42. The maximum Gasteiger partial charge on any atom is 0.223 e. The fourth-order valence-electron chi connectivity index (χ4n) is 4.67. The van der Waals surface area contributed by atoms with E-state index in [0.717, 1.165) is 38.9 Å². The Morgan fingerprint density at radius 2 is 1.56 bits per heavy atom. The number of carbonyl (C=O) groups is 1. The number of benzene rings is 2. The summed E-state index contributed by atoms with van der Waals surface area (Å²) < 4.78 is 0. The Bertz CT molecular complexity index is 747. The van der Waals surface area contributed by atoms with E-state index in [1.54, 1.807) is 0 Å². The lowest BCUT2D eigenvalue weighted by atomic mass is 9.93. The third-order valence-electron chi connectivity index (χ3n) is 6.15. The summed E-state index contributed by atoms with van der Waals surface area (Å²) in [6.45, 7) is 4.99. The van der Waals surface area contributed by atoms with Gasteiger partial charge in [-0.3, -0.25) is 9.69 Å². The average molecular weight is 363 g/mol. The van der Waals surface area contributed by atoms with Crippen LogP contribution in [0.15, 0.2) is 48.5 Å². The molecule has 0 bridgehead atoms. The highest BCUT2D eigenvalue weighted by Crippen LogP contribution is 2.46. The molecule has 3 nitrogen and oxygen atoms in total. The Kier molecular flexibility index (Phi) is 5.58. The van der Waals surface area contributed by atoms with Crippen LogP contribution in [-0.2, 0) is 4.79 Å². The van der Waals surface area contributed by atoms with E-state index in [2.05, 4.69) is 65.7 Å². The van der Waals surface area contributed by atoms with Crippen LogP contribution >= 0.6 is 0 Å². The van der Waals surface area contributed by atoms with Gasteiger partial charge in [0, 0.05) is 12.5 Å². The quantitative estimate of drug-likeness (QED) is 0.751. The summed E-state index contributed by atoms with van der Waals surface area (Å²) in [5.41, 5.74) is 5.57. The van der Waals surface area contributed by atoms with Crippen LogP contribution in [0.3, 0.4) is 0 Å². The molecule has 142 valence electrons. The van der Waals surface area contributed by atoms with E-state index in [-0.39, 0.29) is 11.8 Å². The monoisotopic (exact) mass is 362 g/mol. The Morgan fingerprint density at radius 1 is 0.963 bits per heavy atom. The molecule has 4 rings (SSSR count). The Balaban J connectivity index is 1.42. The molecule has 3 heteroatoms. The first kappa shape index (κ1) is 18.2. The molecule has 1 N–H and O–H groups in total. The topological polar surface area (TPSA) is 32.3 Å². The van der Waals surface area contributed by atoms with Crippen LogP contribution in [0, 0.1) is 5.92 Å². The zero-order valence-corrected chi connectivity index (χ0v) is 16.3. The third-order valence-corrected chi connectivity index (χ3v) is 6.15. The van der Waals surface area contributed by atoms with Crippen LogP contribution in [0.1, 0.15) is 56.2 Å². The highest BCUT2D eigenvalue weighted by Gasteiger charge is 2.35. The number of unbranched alkanes of at least 4 members (excludes halogenated alkanes) is 2. The SMILES string of the molecule is CCCCCNC(=O)C1CCN(C2c3ccccc3-c3ccccc32)CC1. The van der Waals surface area contributed by atoms with Crippen LogP contribution in [0.2, 0.25) is 0 Å². The molecule has 1 saturated heterocycles. The van der Waals surface area contributed by atoms with Gasteiger partial charge in [-0.25, -0.2) is 0 Å². The normalized spacial score (nSPS) is 17.5. The molecule has 1 heterocycles. The van der Waals surface area contributed by atoms with Gasteiger partial charge in [-0.1, -0.05) is 68.3 Å². The van der Waals surface area contributed by atoms with Gasteiger partial charge in [0.05, 0.1) is 6.04 Å². The van der Waals surface area contributed by atoms with Crippen molar-refractivity contribution in [3.63, 3.8) is 0 Å². The number of amides is 1. The van der Waals surface area contributed by atoms with Crippen molar-refractivity contribution in [2.45, 2.75) is 45.1 Å². The maximum atomic E-state index is 12.5. The van der Waals surface area contributed by atoms with Gasteiger partial charge in [0.2, 0.25) is 5.91 Å². The molecule has 0 radical (unpaired) electrons. The molecule has 2 aromatic rings. The summed E-state index contributed by atoms with van der Waals surface area (Å²) in [4.78, 5) is 15.0. The summed E-state index contributed by atoms with van der Waals surface area (Å²) in [6, 6.07) is 17.9. The summed E-state index contributed by atoms with van der Waals surface area (Å²) in [6.07, 6.45) is 5.40. The van der Waals surface area contributed by atoms with Gasteiger partial charge < -0.3 is 5.32 Å². The minimum absolute atomic E-state index is 0.176. The highest BCUT2D eigenvalue weighted by molar-refractivity contribution is 5.79. The van der Waals surface area contributed by atoms with Crippen molar-refractivity contribution >= 4 is 5.91 Å². The number of nitrogens with one attached hydrogen (secondary N) is 1. The predicted octanol–water partition coefficient (Wildman–Crippen LogP) is 4.77. The summed E-state index contributed by atoms with van der Waals surface area (Å²) in [7, 11) is 0. The molecule has 0 spiro atoms. The highest BCUT2D eigenvalue weighted by atomic mass is 16.1. The van der Waals surface area contributed by atoms with Crippen LogP contribution in [0.25, 0.3) is 11.1 Å². The van der Waals surface area contributed by atoms with Crippen LogP contribution in [-0.4, -0.2) is 30.4 Å². The van der Waals surface area contributed by atoms with E-state index in [9.17, 15) is 4.79 Å². The van der Waals surface area contributed by atoms with Crippen molar-refractivity contribution in [2.24, 2.45) is 5.92 Å². The largest absolute Gasteiger partial charge is 0.356 e. The smallest absolute Gasteiger partial charge is 0.223 e. The van der Waals surface area contributed by atoms with Crippen molar-refractivity contribution in [3.05, 3.63) is 59.7 Å². The van der Waals surface area contributed by atoms with Gasteiger partial charge in [-0.05, 0) is 54.6 Å². The summed E-state index contributed by atoms with van der Waals surface area (Å²) in [5.74, 6) is 0.438. The van der Waals surface area contributed by atoms with Gasteiger partial charge in [0.15, 0.2) is 0 Å². The Labute approximate surface area is 162 Å². The number of likely N-dealkylation sites (tertiary alicyclic amines) is 1. The number of nitrogens with zero attached hydrogens (tertiary/aromatic N) is 1. The van der Waals surface area contributed by atoms with E-state index in [0.29, 0.717) is 6.04 Å². The van der Waals surface area contributed by atoms with Gasteiger partial charge in [-0.15, -0.1) is 0 Å². The number of rotatable bonds is 6. The van der Waals surface area contributed by atoms with Crippen molar-refractivity contribution in [1.82, 2.24) is 10.2 Å². The van der Waals surface area contributed by atoms with E-state index in [1.807, 2.05) is 0 Å². The first-order valence-corrected chi connectivity index (χ1v) is 10.5. The standard InChI is InChI=1S/C24H30N2O/c1-2-3-8-15-25-24(27)18-13-16-26(17-14-18)23-21-11-6-4-9-19(21)20-10-5-7-12-22(20)23/h4-7,9-12,18,23H,2-3,8,13-17H2,1H3,(H,25,27).